The molecule has 1 heterocycles. The normalized spacial score (nSPS) is 9.93. The number of nitrogens with one attached hydrogen (secondary N) is 1. The number of furan rings is 1. The molecule has 2 rings (SSSR count). The van der Waals surface area contributed by atoms with Gasteiger partial charge in [-0.2, -0.15) is 0 Å². The highest BCUT2D eigenvalue weighted by atomic mass is 79.9. The summed E-state index contributed by atoms with van der Waals surface area (Å²) in [5.74, 6) is 0.0491. The first-order valence-corrected chi connectivity index (χ1v) is 5.15. The minimum atomic E-state index is -0.252. The molecular weight excluding hydrogens is 258 g/mol. The van der Waals surface area contributed by atoms with Crippen LogP contribution in [0, 0.1) is 0 Å². The summed E-state index contributed by atoms with van der Waals surface area (Å²) in [7, 11) is 0. The molecule has 0 radical (unpaired) electrons. The topological polar surface area (TPSA) is 42.2 Å². The highest BCUT2D eigenvalue weighted by molar-refractivity contribution is 9.10. The predicted octanol–water partition coefficient (Wildman–Crippen LogP) is 3.29. The molecule has 15 heavy (non-hydrogen) atoms. The molecule has 0 saturated heterocycles. The van der Waals surface area contributed by atoms with Crippen LogP contribution in [0.5, 0.6) is 0 Å². The number of hydrogen-bond donors (Lipinski definition) is 1. The Hall–Kier alpha value is -1.55. The van der Waals surface area contributed by atoms with Crippen LogP contribution in [0.25, 0.3) is 0 Å². The third-order valence-electron chi connectivity index (χ3n) is 1.83. The van der Waals surface area contributed by atoms with Crippen molar-refractivity contribution in [3.8, 4) is 0 Å². The van der Waals surface area contributed by atoms with Crippen molar-refractivity contribution >= 4 is 27.5 Å². The van der Waals surface area contributed by atoms with E-state index in [0.717, 1.165) is 10.2 Å². The number of amides is 1. The highest BCUT2D eigenvalue weighted by Crippen LogP contribution is 2.16. The molecule has 1 amide bonds. The molecule has 0 fully saturated rings. The summed E-state index contributed by atoms with van der Waals surface area (Å²) in [6.45, 7) is 0. The Morgan fingerprint density at radius 1 is 1.27 bits per heavy atom. The van der Waals surface area contributed by atoms with Gasteiger partial charge in [0.1, 0.15) is 0 Å². The summed E-state index contributed by atoms with van der Waals surface area (Å²) in [5, 5.41) is 2.72. The Bertz CT molecular complexity index is 465. The third-order valence-corrected chi connectivity index (χ3v) is 2.32. The van der Waals surface area contributed by atoms with Gasteiger partial charge in [0.2, 0.25) is 0 Å². The SMILES string of the molecule is O=C(Nc1cccc(Br)c1)c1ccco1. The summed E-state index contributed by atoms with van der Waals surface area (Å²) in [6, 6.07) is 10.7. The maximum absolute atomic E-state index is 11.6. The second-order valence-corrected chi connectivity index (χ2v) is 3.86. The fourth-order valence-corrected chi connectivity index (χ4v) is 1.57. The van der Waals surface area contributed by atoms with Gasteiger partial charge in [-0.1, -0.05) is 22.0 Å². The first-order chi connectivity index (χ1) is 7.25. The van der Waals surface area contributed by atoms with Gasteiger partial charge >= 0.3 is 0 Å². The molecule has 0 unspecified atom stereocenters. The van der Waals surface area contributed by atoms with Crippen LogP contribution < -0.4 is 5.32 Å². The molecule has 0 spiro atoms. The van der Waals surface area contributed by atoms with E-state index in [4.69, 9.17) is 4.42 Å². The average Bonchev–Trinajstić information content (AvgIpc) is 2.70. The Kier molecular flexibility index (Phi) is 2.87. The number of anilines is 1. The molecule has 0 aliphatic carbocycles. The maximum atomic E-state index is 11.6. The second kappa shape index (κ2) is 4.31. The van der Waals surface area contributed by atoms with Crippen LogP contribution in [0.1, 0.15) is 10.6 Å². The van der Waals surface area contributed by atoms with Gasteiger partial charge < -0.3 is 9.73 Å². The summed E-state index contributed by atoms with van der Waals surface area (Å²) in [5.41, 5.74) is 0.728. The minimum absolute atomic E-state index is 0.252. The molecular formula is C11H8BrNO2. The molecule has 0 bridgehead atoms. The highest BCUT2D eigenvalue weighted by Gasteiger charge is 2.08. The van der Waals surface area contributed by atoms with Gasteiger partial charge in [0.15, 0.2) is 5.76 Å². The van der Waals surface area contributed by atoms with E-state index < -0.39 is 0 Å². The van der Waals surface area contributed by atoms with E-state index in [-0.39, 0.29) is 5.91 Å². The van der Waals surface area contributed by atoms with E-state index in [1.54, 1.807) is 12.1 Å². The largest absolute Gasteiger partial charge is 0.459 e. The number of carbonyl (C=O) groups is 1. The number of hydrogen-bond acceptors (Lipinski definition) is 2. The van der Waals surface area contributed by atoms with Crippen molar-refractivity contribution in [3.05, 3.63) is 52.9 Å². The van der Waals surface area contributed by atoms with Crippen molar-refractivity contribution in [2.75, 3.05) is 5.32 Å². The van der Waals surface area contributed by atoms with Gasteiger partial charge in [0.25, 0.3) is 5.91 Å². The van der Waals surface area contributed by atoms with E-state index in [1.165, 1.54) is 6.26 Å². The first kappa shape index (κ1) is 9.98. The smallest absolute Gasteiger partial charge is 0.291 e. The molecule has 76 valence electrons. The van der Waals surface area contributed by atoms with E-state index >= 15 is 0 Å². The number of carbonyl (C=O) groups excluding carboxylic acids is 1. The van der Waals surface area contributed by atoms with Crippen molar-refractivity contribution < 1.29 is 9.21 Å². The maximum Gasteiger partial charge on any atom is 0.291 e. The quantitative estimate of drug-likeness (QED) is 0.906. The third kappa shape index (κ3) is 2.47. The number of rotatable bonds is 2. The molecule has 0 atom stereocenters. The van der Waals surface area contributed by atoms with Gasteiger partial charge in [-0.25, -0.2) is 0 Å². The molecule has 1 N–H and O–H groups in total. The van der Waals surface area contributed by atoms with Crippen LogP contribution in [0.2, 0.25) is 0 Å². The minimum Gasteiger partial charge on any atom is -0.459 e. The van der Waals surface area contributed by atoms with Gasteiger partial charge in [-0.3, -0.25) is 4.79 Å². The molecule has 0 saturated carbocycles. The van der Waals surface area contributed by atoms with E-state index in [9.17, 15) is 4.79 Å². The zero-order valence-electron chi connectivity index (χ0n) is 7.74. The monoisotopic (exact) mass is 265 g/mol. The molecule has 0 aliphatic rings. The fourth-order valence-electron chi connectivity index (χ4n) is 1.17. The van der Waals surface area contributed by atoms with Crippen molar-refractivity contribution in [1.29, 1.82) is 0 Å². The standard InChI is InChI=1S/C11H8BrNO2/c12-8-3-1-4-9(7-8)13-11(14)10-5-2-6-15-10/h1-7H,(H,13,14). The molecule has 1 aromatic carbocycles. The Balaban J connectivity index is 2.13. The van der Waals surface area contributed by atoms with Crippen molar-refractivity contribution in [3.63, 3.8) is 0 Å². The first-order valence-electron chi connectivity index (χ1n) is 4.36. The summed E-state index contributed by atoms with van der Waals surface area (Å²) in [6.07, 6.45) is 1.47. The van der Waals surface area contributed by atoms with Crippen LogP contribution in [0.4, 0.5) is 5.69 Å². The molecule has 3 nitrogen and oxygen atoms in total. The Morgan fingerprint density at radius 3 is 2.80 bits per heavy atom. The van der Waals surface area contributed by atoms with Crippen LogP contribution >= 0.6 is 15.9 Å². The number of benzene rings is 1. The second-order valence-electron chi connectivity index (χ2n) is 2.94. The van der Waals surface area contributed by atoms with Crippen molar-refractivity contribution in [2.24, 2.45) is 0 Å². The summed E-state index contributed by atoms with van der Waals surface area (Å²) in [4.78, 5) is 11.6. The van der Waals surface area contributed by atoms with E-state index in [0.29, 0.717) is 5.76 Å². The molecule has 4 heteroatoms. The zero-order chi connectivity index (χ0) is 10.7. The van der Waals surface area contributed by atoms with Gasteiger partial charge in [0, 0.05) is 10.2 Å². The van der Waals surface area contributed by atoms with Gasteiger partial charge in [0.05, 0.1) is 6.26 Å². The van der Waals surface area contributed by atoms with E-state index in [2.05, 4.69) is 21.2 Å². The van der Waals surface area contributed by atoms with Gasteiger partial charge in [-0.15, -0.1) is 0 Å². The van der Waals surface area contributed by atoms with Crippen LogP contribution in [0.3, 0.4) is 0 Å². The van der Waals surface area contributed by atoms with Crippen molar-refractivity contribution in [1.82, 2.24) is 0 Å². The molecule has 1 aromatic heterocycles. The Labute approximate surface area is 95.2 Å². The fraction of sp³-hybridized carbons (Fsp3) is 0. The zero-order valence-corrected chi connectivity index (χ0v) is 9.32. The van der Waals surface area contributed by atoms with Gasteiger partial charge in [-0.05, 0) is 30.3 Å². The van der Waals surface area contributed by atoms with Crippen molar-refractivity contribution in [2.45, 2.75) is 0 Å². The number of halogens is 1. The lowest BCUT2D eigenvalue weighted by Crippen LogP contribution is -2.10. The van der Waals surface area contributed by atoms with Crippen LogP contribution in [-0.4, -0.2) is 5.91 Å². The summed E-state index contributed by atoms with van der Waals surface area (Å²) >= 11 is 3.33. The molecule has 0 aliphatic heterocycles. The lowest BCUT2D eigenvalue weighted by Gasteiger charge is -2.02. The molecule has 2 aromatic rings. The van der Waals surface area contributed by atoms with Crippen LogP contribution in [-0.2, 0) is 0 Å². The summed E-state index contributed by atoms with van der Waals surface area (Å²) < 4.78 is 5.89. The lowest BCUT2D eigenvalue weighted by molar-refractivity contribution is 0.0996. The lowest BCUT2D eigenvalue weighted by atomic mass is 10.3. The van der Waals surface area contributed by atoms with E-state index in [1.807, 2.05) is 24.3 Å². The van der Waals surface area contributed by atoms with Crippen LogP contribution in [0.15, 0.2) is 51.6 Å². The predicted molar refractivity (Wildman–Crippen MR) is 60.8 cm³/mol. The Morgan fingerprint density at radius 2 is 2.13 bits per heavy atom. The average molecular weight is 266 g/mol.